The lowest BCUT2D eigenvalue weighted by atomic mass is 10.0. The number of benzene rings is 1. The number of pyridine rings is 1. The summed E-state index contributed by atoms with van der Waals surface area (Å²) >= 11 is 0. The van der Waals surface area contributed by atoms with Crippen LogP contribution in [-0.4, -0.2) is 25.8 Å². The highest BCUT2D eigenvalue weighted by atomic mass is 19.1. The molecule has 2 heterocycles. The molecule has 1 aromatic carbocycles. The van der Waals surface area contributed by atoms with E-state index in [9.17, 15) is 19.1 Å². The van der Waals surface area contributed by atoms with Crippen LogP contribution in [0.2, 0.25) is 0 Å². The van der Waals surface area contributed by atoms with Crippen LogP contribution in [0.1, 0.15) is 34.6 Å². The van der Waals surface area contributed by atoms with Crippen molar-refractivity contribution in [1.29, 1.82) is 0 Å². The summed E-state index contributed by atoms with van der Waals surface area (Å²) in [5.74, 6) is -1.94. The molecule has 1 atom stereocenters. The molecule has 23 heavy (non-hydrogen) atoms. The zero-order valence-corrected chi connectivity index (χ0v) is 12.5. The van der Waals surface area contributed by atoms with Gasteiger partial charge in [-0.3, -0.25) is 9.89 Å². The Morgan fingerprint density at radius 2 is 2.17 bits per heavy atom. The smallest absolute Gasteiger partial charge is 0.338 e. The van der Waals surface area contributed by atoms with Gasteiger partial charge in [0.15, 0.2) is 0 Å². The molecule has 0 saturated heterocycles. The zero-order chi connectivity index (χ0) is 16.7. The largest absolute Gasteiger partial charge is 0.478 e. The lowest BCUT2D eigenvalue weighted by Crippen LogP contribution is -2.29. The minimum absolute atomic E-state index is 0.0746. The minimum atomic E-state index is -1.20. The third-order valence-electron chi connectivity index (χ3n) is 4.04. The molecule has 0 bridgehead atoms. The number of carboxylic acid groups (broad SMARTS) is 1. The van der Waals surface area contributed by atoms with E-state index in [1.165, 1.54) is 16.7 Å². The molecule has 2 N–H and O–H groups in total. The van der Waals surface area contributed by atoms with E-state index in [0.717, 1.165) is 6.07 Å². The SMILES string of the molecule is Cc1c(C(=O)O)c2cccc(F)c2c(=O)n1C(C)c1cn[nH]c1. The highest BCUT2D eigenvalue weighted by Crippen LogP contribution is 2.25. The Morgan fingerprint density at radius 1 is 1.43 bits per heavy atom. The number of carboxylic acids is 1. The third-order valence-corrected chi connectivity index (χ3v) is 4.04. The Labute approximate surface area is 130 Å². The van der Waals surface area contributed by atoms with Gasteiger partial charge in [0.1, 0.15) is 5.82 Å². The van der Waals surface area contributed by atoms with Crippen LogP contribution in [0, 0.1) is 12.7 Å². The van der Waals surface area contributed by atoms with Crippen LogP contribution in [0.5, 0.6) is 0 Å². The van der Waals surface area contributed by atoms with E-state index in [1.807, 2.05) is 0 Å². The molecule has 0 aliphatic rings. The Hall–Kier alpha value is -2.96. The summed E-state index contributed by atoms with van der Waals surface area (Å²) in [6.45, 7) is 3.28. The normalized spacial score (nSPS) is 12.5. The van der Waals surface area contributed by atoms with Crippen molar-refractivity contribution in [1.82, 2.24) is 14.8 Å². The van der Waals surface area contributed by atoms with Crippen molar-refractivity contribution in [3.05, 3.63) is 63.6 Å². The first-order valence-corrected chi connectivity index (χ1v) is 6.98. The molecule has 2 aromatic heterocycles. The van der Waals surface area contributed by atoms with Crippen molar-refractivity contribution in [2.24, 2.45) is 0 Å². The Morgan fingerprint density at radius 3 is 2.78 bits per heavy atom. The van der Waals surface area contributed by atoms with Crippen molar-refractivity contribution < 1.29 is 14.3 Å². The monoisotopic (exact) mass is 315 g/mol. The number of fused-ring (bicyclic) bond motifs is 1. The van der Waals surface area contributed by atoms with Crippen LogP contribution in [0.3, 0.4) is 0 Å². The standard InChI is InChI=1S/C16H14FN3O3/c1-8(10-6-18-19-7-10)20-9(2)13(16(22)23)11-4-3-5-12(17)14(11)15(20)21/h3-8H,1-2H3,(H,18,19)(H,22,23). The van der Waals surface area contributed by atoms with Crippen molar-refractivity contribution in [2.75, 3.05) is 0 Å². The van der Waals surface area contributed by atoms with Crippen molar-refractivity contribution in [3.8, 4) is 0 Å². The average molecular weight is 315 g/mol. The summed E-state index contributed by atoms with van der Waals surface area (Å²) in [5, 5.41) is 15.9. The van der Waals surface area contributed by atoms with Crippen LogP contribution in [-0.2, 0) is 0 Å². The van der Waals surface area contributed by atoms with E-state index in [1.54, 1.807) is 26.2 Å². The molecule has 0 saturated carbocycles. The number of H-pyrrole nitrogens is 1. The van der Waals surface area contributed by atoms with Crippen molar-refractivity contribution in [2.45, 2.75) is 19.9 Å². The van der Waals surface area contributed by atoms with Crippen LogP contribution in [0.15, 0.2) is 35.4 Å². The van der Waals surface area contributed by atoms with E-state index in [0.29, 0.717) is 5.56 Å². The lowest BCUT2D eigenvalue weighted by Gasteiger charge is -2.20. The molecule has 118 valence electrons. The second-order valence-corrected chi connectivity index (χ2v) is 5.31. The average Bonchev–Trinajstić information content (AvgIpc) is 3.00. The molecule has 0 aliphatic heterocycles. The molecule has 0 radical (unpaired) electrons. The highest BCUT2D eigenvalue weighted by Gasteiger charge is 2.23. The molecule has 0 spiro atoms. The van der Waals surface area contributed by atoms with E-state index in [-0.39, 0.29) is 22.0 Å². The molecule has 0 amide bonds. The van der Waals surface area contributed by atoms with Crippen molar-refractivity contribution >= 4 is 16.7 Å². The van der Waals surface area contributed by atoms with Crippen LogP contribution in [0.4, 0.5) is 4.39 Å². The molecule has 0 aliphatic carbocycles. The summed E-state index contributed by atoms with van der Waals surface area (Å²) in [6.07, 6.45) is 3.16. The molecule has 3 rings (SSSR count). The summed E-state index contributed by atoms with van der Waals surface area (Å²) in [5.41, 5.74) is 0.334. The van der Waals surface area contributed by atoms with E-state index in [4.69, 9.17) is 0 Å². The molecule has 3 aromatic rings. The van der Waals surface area contributed by atoms with Gasteiger partial charge in [-0.1, -0.05) is 12.1 Å². The third kappa shape index (κ3) is 2.21. The van der Waals surface area contributed by atoms with E-state index < -0.39 is 23.4 Å². The number of hydrogen-bond acceptors (Lipinski definition) is 3. The predicted molar refractivity (Wildman–Crippen MR) is 82.3 cm³/mol. The van der Waals surface area contributed by atoms with Gasteiger partial charge in [0.05, 0.1) is 23.2 Å². The maximum Gasteiger partial charge on any atom is 0.338 e. The summed E-state index contributed by atoms with van der Waals surface area (Å²) in [6, 6.07) is 3.51. The van der Waals surface area contributed by atoms with Gasteiger partial charge in [0.25, 0.3) is 5.56 Å². The second-order valence-electron chi connectivity index (χ2n) is 5.31. The minimum Gasteiger partial charge on any atom is -0.478 e. The Balaban J connectivity index is 2.46. The fourth-order valence-electron chi connectivity index (χ4n) is 2.91. The number of aromatic amines is 1. The molecule has 1 unspecified atom stereocenters. The predicted octanol–water partition coefficient (Wildman–Crippen LogP) is 2.48. The number of carbonyl (C=O) groups is 1. The summed E-state index contributed by atoms with van der Waals surface area (Å²) in [4.78, 5) is 24.4. The van der Waals surface area contributed by atoms with E-state index >= 15 is 0 Å². The quantitative estimate of drug-likeness (QED) is 0.777. The van der Waals surface area contributed by atoms with Crippen molar-refractivity contribution in [3.63, 3.8) is 0 Å². The molecular formula is C16H14FN3O3. The topological polar surface area (TPSA) is 88.0 Å². The number of halogens is 1. The molecular weight excluding hydrogens is 301 g/mol. The van der Waals surface area contributed by atoms with Gasteiger partial charge in [-0.15, -0.1) is 0 Å². The van der Waals surface area contributed by atoms with Crippen LogP contribution in [0.25, 0.3) is 10.8 Å². The van der Waals surface area contributed by atoms with Gasteiger partial charge in [-0.25, -0.2) is 9.18 Å². The maximum absolute atomic E-state index is 14.2. The Kier molecular flexibility index (Phi) is 3.48. The number of aromatic carboxylic acids is 1. The van der Waals surface area contributed by atoms with Crippen LogP contribution < -0.4 is 5.56 Å². The van der Waals surface area contributed by atoms with Gasteiger partial charge >= 0.3 is 5.97 Å². The molecule has 0 fully saturated rings. The molecule has 6 nitrogen and oxygen atoms in total. The number of nitrogens with one attached hydrogen (secondary N) is 1. The zero-order valence-electron chi connectivity index (χ0n) is 12.5. The first-order valence-electron chi connectivity index (χ1n) is 6.98. The number of rotatable bonds is 3. The summed E-state index contributed by atoms with van der Waals surface area (Å²) in [7, 11) is 0. The highest BCUT2D eigenvalue weighted by molar-refractivity contribution is 6.04. The van der Waals surface area contributed by atoms with Gasteiger partial charge in [-0.2, -0.15) is 5.10 Å². The number of hydrogen-bond donors (Lipinski definition) is 2. The van der Waals surface area contributed by atoms with Gasteiger partial charge in [-0.05, 0) is 19.9 Å². The number of aromatic nitrogens is 3. The fraction of sp³-hybridized carbons (Fsp3) is 0.188. The fourth-order valence-corrected chi connectivity index (χ4v) is 2.91. The van der Waals surface area contributed by atoms with Gasteiger partial charge < -0.3 is 9.67 Å². The maximum atomic E-state index is 14.2. The van der Waals surface area contributed by atoms with E-state index in [2.05, 4.69) is 10.2 Å². The second kappa shape index (κ2) is 5.35. The number of nitrogens with zero attached hydrogens (tertiary/aromatic N) is 2. The first kappa shape index (κ1) is 15.0. The van der Waals surface area contributed by atoms with Gasteiger partial charge in [0, 0.05) is 22.8 Å². The molecule has 7 heteroatoms. The summed E-state index contributed by atoms with van der Waals surface area (Å²) < 4.78 is 15.5. The van der Waals surface area contributed by atoms with Gasteiger partial charge in [0.2, 0.25) is 0 Å². The first-order chi connectivity index (χ1) is 10.9. The lowest BCUT2D eigenvalue weighted by molar-refractivity contribution is 0.0697. The van der Waals surface area contributed by atoms with Crippen LogP contribution >= 0.6 is 0 Å². The Bertz CT molecular complexity index is 961.